The van der Waals surface area contributed by atoms with Crippen LogP contribution in [0.5, 0.6) is 0 Å². The summed E-state index contributed by atoms with van der Waals surface area (Å²) in [6, 6.07) is 9.97. The summed E-state index contributed by atoms with van der Waals surface area (Å²) in [6.07, 6.45) is 3.39. The average Bonchev–Trinajstić information content (AvgIpc) is 2.36. The van der Waals surface area contributed by atoms with Gasteiger partial charge in [0.05, 0.1) is 26.4 Å². The maximum Gasteiger partial charge on any atom is 0.0717 e. The van der Waals surface area contributed by atoms with Crippen molar-refractivity contribution < 1.29 is 14.9 Å². The zero-order valence-corrected chi connectivity index (χ0v) is 10.7. The molecule has 100 valence electrons. The van der Waals surface area contributed by atoms with E-state index in [1.165, 1.54) is 6.42 Å². The van der Waals surface area contributed by atoms with Crippen molar-refractivity contribution in [1.82, 2.24) is 0 Å². The zero-order valence-electron chi connectivity index (χ0n) is 10.7. The van der Waals surface area contributed by atoms with Crippen molar-refractivity contribution in [2.45, 2.75) is 25.9 Å². The van der Waals surface area contributed by atoms with Gasteiger partial charge in [-0.3, -0.25) is 0 Å². The van der Waals surface area contributed by atoms with E-state index in [9.17, 15) is 10.2 Å². The number of rotatable bonds is 7. The van der Waals surface area contributed by atoms with E-state index >= 15 is 0 Å². The van der Waals surface area contributed by atoms with E-state index in [0.717, 1.165) is 18.4 Å². The molecule has 0 unspecified atom stereocenters. The summed E-state index contributed by atoms with van der Waals surface area (Å²) < 4.78 is 5.70. The zero-order chi connectivity index (χ0) is 12.8. The van der Waals surface area contributed by atoms with E-state index in [0.29, 0.717) is 19.1 Å². The second-order valence-electron chi connectivity index (χ2n) is 5.28. The molecule has 0 spiro atoms. The van der Waals surface area contributed by atoms with Crippen LogP contribution in [-0.2, 0) is 11.3 Å². The van der Waals surface area contributed by atoms with Crippen molar-refractivity contribution in [3.8, 4) is 0 Å². The molecule has 1 aliphatic carbocycles. The van der Waals surface area contributed by atoms with Crippen LogP contribution < -0.4 is 0 Å². The molecule has 1 aliphatic rings. The van der Waals surface area contributed by atoms with Crippen molar-refractivity contribution in [2.75, 3.05) is 19.8 Å². The van der Waals surface area contributed by atoms with Gasteiger partial charge in [-0.05, 0) is 24.3 Å². The monoisotopic (exact) mass is 250 g/mol. The Morgan fingerprint density at radius 2 is 1.78 bits per heavy atom. The topological polar surface area (TPSA) is 49.7 Å². The highest BCUT2D eigenvalue weighted by atomic mass is 16.5. The first-order valence-corrected chi connectivity index (χ1v) is 6.64. The number of ether oxygens (including phenoxy) is 1. The highest BCUT2D eigenvalue weighted by Gasteiger charge is 2.41. The number of aliphatic hydroxyl groups excluding tert-OH is 2. The van der Waals surface area contributed by atoms with Crippen LogP contribution >= 0.6 is 0 Å². The molecule has 1 aromatic carbocycles. The lowest BCUT2D eigenvalue weighted by Gasteiger charge is -2.42. The van der Waals surface area contributed by atoms with E-state index < -0.39 is 5.41 Å². The minimum atomic E-state index is -0.451. The summed E-state index contributed by atoms with van der Waals surface area (Å²) in [5, 5.41) is 19.1. The molecule has 0 aromatic heterocycles. The fourth-order valence-corrected chi connectivity index (χ4v) is 2.48. The highest BCUT2D eigenvalue weighted by Crippen LogP contribution is 2.42. The second-order valence-corrected chi connectivity index (χ2v) is 5.28. The van der Waals surface area contributed by atoms with Crippen LogP contribution in [0.15, 0.2) is 30.3 Å². The van der Waals surface area contributed by atoms with Crippen molar-refractivity contribution in [3.05, 3.63) is 35.9 Å². The molecule has 0 saturated heterocycles. The van der Waals surface area contributed by atoms with Crippen LogP contribution in [0.1, 0.15) is 24.8 Å². The smallest absolute Gasteiger partial charge is 0.0717 e. The van der Waals surface area contributed by atoms with Crippen LogP contribution in [0, 0.1) is 11.3 Å². The first-order chi connectivity index (χ1) is 8.80. The van der Waals surface area contributed by atoms with Crippen LogP contribution in [0.4, 0.5) is 0 Å². The van der Waals surface area contributed by atoms with E-state index in [-0.39, 0.29) is 13.2 Å². The Bertz CT molecular complexity index is 342. The lowest BCUT2D eigenvalue weighted by Crippen LogP contribution is -2.45. The molecule has 1 saturated carbocycles. The number of hydrogen-bond donors (Lipinski definition) is 2. The second kappa shape index (κ2) is 6.32. The van der Waals surface area contributed by atoms with Gasteiger partial charge in [-0.15, -0.1) is 0 Å². The SMILES string of the molecule is OCC(CO)(COCc1ccccc1)C1CCC1. The van der Waals surface area contributed by atoms with Gasteiger partial charge in [0.2, 0.25) is 0 Å². The Balaban J connectivity index is 1.86. The molecule has 0 aliphatic heterocycles. The van der Waals surface area contributed by atoms with Gasteiger partial charge in [0.1, 0.15) is 0 Å². The third-order valence-electron chi connectivity index (χ3n) is 4.10. The lowest BCUT2D eigenvalue weighted by atomic mass is 9.66. The fraction of sp³-hybridized carbons (Fsp3) is 0.600. The van der Waals surface area contributed by atoms with Crippen LogP contribution in [0.2, 0.25) is 0 Å². The quantitative estimate of drug-likeness (QED) is 0.778. The fourth-order valence-electron chi connectivity index (χ4n) is 2.48. The molecule has 2 N–H and O–H groups in total. The van der Waals surface area contributed by atoms with E-state index in [2.05, 4.69) is 0 Å². The molecule has 3 nitrogen and oxygen atoms in total. The van der Waals surface area contributed by atoms with Crippen molar-refractivity contribution in [2.24, 2.45) is 11.3 Å². The molecular formula is C15H22O3. The Morgan fingerprint density at radius 3 is 2.28 bits per heavy atom. The summed E-state index contributed by atoms with van der Waals surface area (Å²) in [4.78, 5) is 0. The van der Waals surface area contributed by atoms with Crippen molar-refractivity contribution >= 4 is 0 Å². The standard InChI is InChI=1S/C15H22O3/c16-10-15(11-17,14-7-4-8-14)12-18-9-13-5-2-1-3-6-13/h1-3,5-6,14,16-17H,4,7-12H2. The molecule has 0 bridgehead atoms. The molecule has 2 rings (SSSR count). The summed E-state index contributed by atoms with van der Waals surface area (Å²) in [6.45, 7) is 0.973. The highest BCUT2D eigenvalue weighted by molar-refractivity contribution is 5.13. The third-order valence-corrected chi connectivity index (χ3v) is 4.10. The van der Waals surface area contributed by atoms with Gasteiger partial charge < -0.3 is 14.9 Å². The Labute approximate surface area is 108 Å². The molecule has 0 radical (unpaired) electrons. The van der Waals surface area contributed by atoms with Gasteiger partial charge in [0.25, 0.3) is 0 Å². The average molecular weight is 250 g/mol. The first-order valence-electron chi connectivity index (χ1n) is 6.64. The largest absolute Gasteiger partial charge is 0.396 e. The summed E-state index contributed by atoms with van der Waals surface area (Å²) in [5.41, 5.74) is 0.670. The summed E-state index contributed by atoms with van der Waals surface area (Å²) in [7, 11) is 0. The molecule has 0 amide bonds. The van der Waals surface area contributed by atoms with Crippen LogP contribution in [-0.4, -0.2) is 30.0 Å². The van der Waals surface area contributed by atoms with E-state index in [1.807, 2.05) is 30.3 Å². The number of aliphatic hydroxyl groups is 2. The number of hydrogen-bond acceptors (Lipinski definition) is 3. The van der Waals surface area contributed by atoms with Crippen molar-refractivity contribution in [3.63, 3.8) is 0 Å². The maximum absolute atomic E-state index is 9.57. The molecule has 1 fully saturated rings. The Kier molecular flexibility index (Phi) is 4.75. The Morgan fingerprint density at radius 1 is 1.11 bits per heavy atom. The first kappa shape index (κ1) is 13.5. The predicted molar refractivity (Wildman–Crippen MR) is 70.0 cm³/mol. The maximum atomic E-state index is 9.57. The molecule has 18 heavy (non-hydrogen) atoms. The summed E-state index contributed by atoms with van der Waals surface area (Å²) >= 11 is 0. The molecular weight excluding hydrogens is 228 g/mol. The van der Waals surface area contributed by atoms with Gasteiger partial charge in [-0.1, -0.05) is 36.8 Å². The predicted octanol–water partition coefficient (Wildman–Crippen LogP) is 1.97. The lowest BCUT2D eigenvalue weighted by molar-refractivity contribution is -0.0884. The van der Waals surface area contributed by atoms with E-state index in [1.54, 1.807) is 0 Å². The molecule has 3 heteroatoms. The van der Waals surface area contributed by atoms with Gasteiger partial charge in [0.15, 0.2) is 0 Å². The third kappa shape index (κ3) is 2.91. The number of benzene rings is 1. The molecule has 0 heterocycles. The van der Waals surface area contributed by atoms with Gasteiger partial charge in [-0.25, -0.2) is 0 Å². The normalized spacial score (nSPS) is 16.6. The van der Waals surface area contributed by atoms with Gasteiger partial charge >= 0.3 is 0 Å². The van der Waals surface area contributed by atoms with E-state index in [4.69, 9.17) is 4.74 Å². The molecule has 0 atom stereocenters. The van der Waals surface area contributed by atoms with Crippen LogP contribution in [0.3, 0.4) is 0 Å². The minimum absolute atomic E-state index is 0.00293. The Hall–Kier alpha value is -0.900. The molecule has 1 aromatic rings. The van der Waals surface area contributed by atoms with Crippen LogP contribution in [0.25, 0.3) is 0 Å². The minimum Gasteiger partial charge on any atom is -0.396 e. The van der Waals surface area contributed by atoms with Gasteiger partial charge in [-0.2, -0.15) is 0 Å². The summed E-state index contributed by atoms with van der Waals surface area (Å²) in [5.74, 6) is 0.406. The van der Waals surface area contributed by atoms with Crippen molar-refractivity contribution in [1.29, 1.82) is 0 Å². The van der Waals surface area contributed by atoms with Gasteiger partial charge in [0, 0.05) is 5.41 Å².